The molecule has 2 rings (SSSR count). The Labute approximate surface area is 127 Å². The monoisotopic (exact) mass is 315 g/mol. The molecular weight excluding hydrogens is 301 g/mol. The van der Waals surface area contributed by atoms with Crippen molar-refractivity contribution in [3.05, 3.63) is 39.3 Å². The molecule has 0 aliphatic carbocycles. The van der Waals surface area contributed by atoms with Gasteiger partial charge in [-0.2, -0.15) is 0 Å². The normalized spacial score (nSPS) is 12.4. The predicted molar refractivity (Wildman–Crippen MR) is 84.0 cm³/mol. The summed E-state index contributed by atoms with van der Waals surface area (Å²) in [6.07, 6.45) is 0. The molecule has 0 saturated carbocycles. The van der Waals surface area contributed by atoms with Crippen LogP contribution in [0.4, 0.5) is 10.8 Å². The molecule has 1 heterocycles. The van der Waals surface area contributed by atoms with Gasteiger partial charge in [0.1, 0.15) is 0 Å². The maximum absolute atomic E-state index is 6.11. The number of nitrogens with zero attached hydrogens (tertiary/aromatic N) is 1. The second kappa shape index (κ2) is 6.57. The van der Waals surface area contributed by atoms with Gasteiger partial charge in [-0.3, -0.25) is 0 Å². The highest BCUT2D eigenvalue weighted by Crippen LogP contribution is 2.30. The van der Waals surface area contributed by atoms with Crippen molar-refractivity contribution in [2.45, 2.75) is 19.9 Å². The lowest BCUT2D eigenvalue weighted by Gasteiger charge is -2.08. The maximum Gasteiger partial charge on any atom is 0.187 e. The van der Waals surface area contributed by atoms with E-state index in [4.69, 9.17) is 23.2 Å². The minimum absolute atomic E-state index is 0.242. The SMILES string of the molecule is CCNC(C)c1csc(Nc2cc(Cl)ccc2Cl)n1. The molecule has 0 bridgehead atoms. The fraction of sp³-hybridized carbons (Fsp3) is 0.308. The molecule has 1 unspecified atom stereocenters. The van der Waals surface area contributed by atoms with Crippen molar-refractivity contribution in [1.82, 2.24) is 10.3 Å². The number of anilines is 2. The molecule has 1 aromatic heterocycles. The van der Waals surface area contributed by atoms with Gasteiger partial charge >= 0.3 is 0 Å². The van der Waals surface area contributed by atoms with E-state index in [-0.39, 0.29) is 6.04 Å². The van der Waals surface area contributed by atoms with Crippen molar-refractivity contribution >= 4 is 45.4 Å². The van der Waals surface area contributed by atoms with Crippen LogP contribution in [0.25, 0.3) is 0 Å². The Morgan fingerprint density at radius 2 is 2.16 bits per heavy atom. The smallest absolute Gasteiger partial charge is 0.187 e. The van der Waals surface area contributed by atoms with Gasteiger partial charge in [0.05, 0.1) is 16.4 Å². The summed E-state index contributed by atoms with van der Waals surface area (Å²) in [6.45, 7) is 5.09. The van der Waals surface area contributed by atoms with Crippen LogP contribution in [0.1, 0.15) is 25.6 Å². The van der Waals surface area contributed by atoms with E-state index in [0.29, 0.717) is 10.0 Å². The second-order valence-electron chi connectivity index (χ2n) is 4.11. The molecule has 6 heteroatoms. The van der Waals surface area contributed by atoms with Gasteiger partial charge in [0.25, 0.3) is 0 Å². The molecule has 102 valence electrons. The van der Waals surface area contributed by atoms with Crippen LogP contribution < -0.4 is 10.6 Å². The largest absolute Gasteiger partial charge is 0.330 e. The van der Waals surface area contributed by atoms with E-state index in [9.17, 15) is 0 Å². The van der Waals surface area contributed by atoms with Gasteiger partial charge in [-0.15, -0.1) is 11.3 Å². The molecule has 0 fully saturated rings. The van der Waals surface area contributed by atoms with Crippen LogP contribution >= 0.6 is 34.5 Å². The minimum atomic E-state index is 0.242. The number of aromatic nitrogens is 1. The fourth-order valence-electron chi connectivity index (χ4n) is 1.66. The Morgan fingerprint density at radius 3 is 2.89 bits per heavy atom. The third-order valence-corrected chi connectivity index (χ3v) is 3.99. The number of rotatable bonds is 5. The van der Waals surface area contributed by atoms with Crippen LogP contribution in [0.2, 0.25) is 10.0 Å². The van der Waals surface area contributed by atoms with Gasteiger partial charge in [-0.25, -0.2) is 4.98 Å². The summed E-state index contributed by atoms with van der Waals surface area (Å²) in [7, 11) is 0. The first-order chi connectivity index (χ1) is 9.10. The Kier molecular flexibility index (Phi) is 5.05. The van der Waals surface area contributed by atoms with E-state index < -0.39 is 0 Å². The fourth-order valence-corrected chi connectivity index (χ4v) is 2.81. The van der Waals surface area contributed by atoms with Crippen molar-refractivity contribution in [3.8, 4) is 0 Å². The predicted octanol–water partition coefficient (Wildman–Crippen LogP) is 4.86. The van der Waals surface area contributed by atoms with Gasteiger partial charge in [-0.1, -0.05) is 30.1 Å². The molecular formula is C13H15Cl2N3S. The zero-order chi connectivity index (χ0) is 13.8. The summed E-state index contributed by atoms with van der Waals surface area (Å²) in [5.41, 5.74) is 1.79. The molecule has 3 nitrogen and oxygen atoms in total. The quantitative estimate of drug-likeness (QED) is 0.827. The van der Waals surface area contributed by atoms with Gasteiger partial charge in [0, 0.05) is 16.4 Å². The van der Waals surface area contributed by atoms with Gasteiger partial charge in [0.15, 0.2) is 5.13 Å². The lowest BCUT2D eigenvalue weighted by Crippen LogP contribution is -2.17. The van der Waals surface area contributed by atoms with Crippen molar-refractivity contribution in [2.24, 2.45) is 0 Å². The van der Waals surface area contributed by atoms with Crippen molar-refractivity contribution in [3.63, 3.8) is 0 Å². The number of hydrogen-bond donors (Lipinski definition) is 2. The van der Waals surface area contributed by atoms with Gasteiger partial charge in [0.2, 0.25) is 0 Å². The summed E-state index contributed by atoms with van der Waals surface area (Å²) in [5, 5.41) is 10.6. The van der Waals surface area contributed by atoms with E-state index in [2.05, 4.69) is 29.5 Å². The lowest BCUT2D eigenvalue weighted by atomic mass is 10.2. The molecule has 2 aromatic rings. The van der Waals surface area contributed by atoms with E-state index >= 15 is 0 Å². The summed E-state index contributed by atoms with van der Waals surface area (Å²) >= 11 is 13.6. The molecule has 0 spiro atoms. The number of benzene rings is 1. The Bertz CT molecular complexity index is 557. The third kappa shape index (κ3) is 3.83. The molecule has 0 saturated heterocycles. The molecule has 2 N–H and O–H groups in total. The van der Waals surface area contributed by atoms with Gasteiger partial charge in [-0.05, 0) is 31.7 Å². The highest BCUT2D eigenvalue weighted by Gasteiger charge is 2.10. The van der Waals surface area contributed by atoms with Gasteiger partial charge < -0.3 is 10.6 Å². The Morgan fingerprint density at radius 1 is 1.37 bits per heavy atom. The molecule has 1 aromatic carbocycles. The summed E-state index contributed by atoms with van der Waals surface area (Å²) in [5.74, 6) is 0. The average Bonchev–Trinajstić information content (AvgIpc) is 2.83. The highest BCUT2D eigenvalue weighted by molar-refractivity contribution is 7.13. The number of nitrogens with one attached hydrogen (secondary N) is 2. The van der Waals surface area contributed by atoms with Crippen LogP contribution in [0, 0.1) is 0 Å². The zero-order valence-corrected chi connectivity index (χ0v) is 13.0. The molecule has 0 aliphatic heterocycles. The number of thiazole rings is 1. The Hall–Kier alpha value is -0.810. The molecule has 0 amide bonds. The molecule has 0 aliphatic rings. The van der Waals surface area contributed by atoms with Crippen molar-refractivity contribution < 1.29 is 0 Å². The van der Waals surface area contributed by atoms with Crippen molar-refractivity contribution in [2.75, 3.05) is 11.9 Å². The second-order valence-corrected chi connectivity index (χ2v) is 5.81. The van der Waals surface area contributed by atoms with E-state index in [0.717, 1.165) is 23.1 Å². The maximum atomic E-state index is 6.11. The average molecular weight is 316 g/mol. The summed E-state index contributed by atoms with van der Waals surface area (Å²) in [4.78, 5) is 4.54. The summed E-state index contributed by atoms with van der Waals surface area (Å²) in [6, 6.07) is 5.56. The van der Waals surface area contributed by atoms with E-state index in [1.165, 1.54) is 0 Å². The number of halogens is 2. The first-order valence-electron chi connectivity index (χ1n) is 6.01. The Balaban J connectivity index is 2.13. The standard InChI is InChI=1S/C13H15Cl2N3S/c1-3-16-8(2)12-7-19-13(18-12)17-11-6-9(14)4-5-10(11)15/h4-8,16H,3H2,1-2H3,(H,17,18). The first kappa shape index (κ1) is 14.6. The van der Waals surface area contributed by atoms with E-state index in [1.807, 2.05) is 5.38 Å². The highest BCUT2D eigenvalue weighted by atomic mass is 35.5. The lowest BCUT2D eigenvalue weighted by molar-refractivity contribution is 0.587. The van der Waals surface area contributed by atoms with Crippen LogP contribution in [0.15, 0.2) is 23.6 Å². The minimum Gasteiger partial charge on any atom is -0.330 e. The molecule has 1 atom stereocenters. The van der Waals surface area contributed by atoms with Crippen LogP contribution in [0.3, 0.4) is 0 Å². The summed E-state index contributed by atoms with van der Waals surface area (Å²) < 4.78 is 0. The zero-order valence-electron chi connectivity index (χ0n) is 10.7. The molecule has 19 heavy (non-hydrogen) atoms. The third-order valence-electron chi connectivity index (χ3n) is 2.65. The van der Waals surface area contributed by atoms with Crippen LogP contribution in [-0.2, 0) is 0 Å². The topological polar surface area (TPSA) is 37.0 Å². The van der Waals surface area contributed by atoms with E-state index in [1.54, 1.807) is 29.5 Å². The number of hydrogen-bond acceptors (Lipinski definition) is 4. The molecule has 0 radical (unpaired) electrons. The van der Waals surface area contributed by atoms with Crippen molar-refractivity contribution in [1.29, 1.82) is 0 Å². The first-order valence-corrected chi connectivity index (χ1v) is 7.64. The van der Waals surface area contributed by atoms with Crippen LogP contribution in [0.5, 0.6) is 0 Å². The van der Waals surface area contributed by atoms with Crippen LogP contribution in [-0.4, -0.2) is 11.5 Å².